The fourth-order valence-corrected chi connectivity index (χ4v) is 2.44. The first-order valence-electron chi connectivity index (χ1n) is 6.39. The highest BCUT2D eigenvalue weighted by Gasteiger charge is 2.15. The van der Waals surface area contributed by atoms with Crippen molar-refractivity contribution in [3.05, 3.63) is 42.2 Å². The van der Waals surface area contributed by atoms with E-state index in [0.29, 0.717) is 5.39 Å². The number of piperidine rings is 1. The zero-order chi connectivity index (χ0) is 12.4. The first kappa shape index (κ1) is 14.1. The van der Waals surface area contributed by atoms with Crippen LogP contribution in [-0.4, -0.2) is 19.2 Å². The smallest absolute Gasteiger partial charge is 0.131 e. The summed E-state index contributed by atoms with van der Waals surface area (Å²) in [5.41, 5.74) is 0. The Hall–Kier alpha value is -1.32. The molecule has 0 aromatic heterocycles. The number of fused-ring (bicyclic) bond motifs is 1. The minimum Gasteiger partial charge on any atom is -0.490 e. The molecule has 3 rings (SSSR count). The van der Waals surface area contributed by atoms with E-state index in [-0.39, 0.29) is 24.3 Å². The van der Waals surface area contributed by atoms with Gasteiger partial charge in [-0.25, -0.2) is 4.39 Å². The van der Waals surface area contributed by atoms with Crippen LogP contribution < -0.4 is 10.1 Å². The van der Waals surface area contributed by atoms with Gasteiger partial charge >= 0.3 is 0 Å². The Morgan fingerprint density at radius 1 is 1.00 bits per heavy atom. The number of hydrogen-bond donors (Lipinski definition) is 1. The standard InChI is InChI=1S/C15H16FNO.ClH/c16-14-5-1-4-13-12(14)3-2-6-15(13)18-11-7-9-17-10-8-11;/h1-6,11,17H,7-10H2;1H. The lowest BCUT2D eigenvalue weighted by Crippen LogP contribution is -2.34. The van der Waals surface area contributed by atoms with Crippen molar-refractivity contribution >= 4 is 23.2 Å². The van der Waals surface area contributed by atoms with Crippen molar-refractivity contribution in [3.8, 4) is 5.75 Å². The Labute approximate surface area is 118 Å². The summed E-state index contributed by atoms with van der Waals surface area (Å²) in [7, 11) is 0. The molecule has 4 heteroatoms. The number of ether oxygens (including phenoxy) is 1. The minimum atomic E-state index is -0.191. The molecule has 0 aliphatic carbocycles. The van der Waals surface area contributed by atoms with E-state index in [1.165, 1.54) is 6.07 Å². The maximum atomic E-state index is 13.7. The zero-order valence-corrected chi connectivity index (χ0v) is 11.4. The van der Waals surface area contributed by atoms with Crippen LogP contribution in [0.3, 0.4) is 0 Å². The highest BCUT2D eigenvalue weighted by atomic mass is 35.5. The molecule has 2 nitrogen and oxygen atoms in total. The van der Waals surface area contributed by atoms with Crippen molar-refractivity contribution in [1.29, 1.82) is 0 Å². The van der Waals surface area contributed by atoms with E-state index in [2.05, 4.69) is 5.32 Å². The molecule has 1 saturated heterocycles. The Balaban J connectivity index is 0.00000133. The Morgan fingerprint density at radius 2 is 1.68 bits per heavy atom. The van der Waals surface area contributed by atoms with Crippen molar-refractivity contribution in [2.75, 3.05) is 13.1 Å². The molecule has 0 saturated carbocycles. The zero-order valence-electron chi connectivity index (χ0n) is 10.6. The first-order chi connectivity index (χ1) is 8.84. The van der Waals surface area contributed by atoms with E-state index in [4.69, 9.17) is 4.74 Å². The van der Waals surface area contributed by atoms with E-state index in [1.807, 2.05) is 18.2 Å². The summed E-state index contributed by atoms with van der Waals surface area (Å²) >= 11 is 0. The maximum absolute atomic E-state index is 13.7. The van der Waals surface area contributed by atoms with Crippen molar-refractivity contribution < 1.29 is 9.13 Å². The molecule has 0 radical (unpaired) electrons. The number of rotatable bonds is 2. The third-order valence-corrected chi connectivity index (χ3v) is 3.41. The van der Waals surface area contributed by atoms with Crippen LogP contribution in [0.5, 0.6) is 5.75 Å². The van der Waals surface area contributed by atoms with Gasteiger partial charge in [0.1, 0.15) is 17.7 Å². The van der Waals surface area contributed by atoms with Crippen LogP contribution in [0.4, 0.5) is 4.39 Å². The minimum absolute atomic E-state index is 0. The Bertz CT molecular complexity index is 555. The molecule has 1 aliphatic heterocycles. The molecule has 2 aromatic rings. The summed E-state index contributed by atoms with van der Waals surface area (Å²) < 4.78 is 19.7. The van der Waals surface area contributed by atoms with Crippen molar-refractivity contribution in [1.82, 2.24) is 5.32 Å². The molecular formula is C15H17ClFNO. The van der Waals surface area contributed by atoms with E-state index in [0.717, 1.165) is 37.1 Å². The third-order valence-electron chi connectivity index (χ3n) is 3.41. The molecule has 102 valence electrons. The molecule has 0 unspecified atom stereocenters. The molecule has 1 aliphatic rings. The van der Waals surface area contributed by atoms with Crippen LogP contribution in [-0.2, 0) is 0 Å². The monoisotopic (exact) mass is 281 g/mol. The van der Waals surface area contributed by atoms with Crippen molar-refractivity contribution in [2.24, 2.45) is 0 Å². The van der Waals surface area contributed by atoms with Crippen molar-refractivity contribution in [3.63, 3.8) is 0 Å². The lowest BCUT2D eigenvalue weighted by Gasteiger charge is -2.24. The van der Waals surface area contributed by atoms with Gasteiger partial charge in [-0.3, -0.25) is 0 Å². The number of nitrogens with one attached hydrogen (secondary N) is 1. The molecule has 2 aromatic carbocycles. The van der Waals surface area contributed by atoms with Crippen LogP contribution in [0.15, 0.2) is 36.4 Å². The van der Waals surface area contributed by atoms with Gasteiger partial charge < -0.3 is 10.1 Å². The summed E-state index contributed by atoms with van der Waals surface area (Å²) in [6, 6.07) is 10.7. The molecule has 0 amide bonds. The van der Waals surface area contributed by atoms with Crippen molar-refractivity contribution in [2.45, 2.75) is 18.9 Å². The molecule has 0 spiro atoms. The van der Waals surface area contributed by atoms with Crippen LogP contribution >= 0.6 is 12.4 Å². The Morgan fingerprint density at radius 3 is 2.47 bits per heavy atom. The molecule has 1 N–H and O–H groups in total. The van der Waals surface area contributed by atoms with Gasteiger partial charge in [0.05, 0.1) is 0 Å². The van der Waals surface area contributed by atoms with Gasteiger partial charge in [-0.2, -0.15) is 0 Å². The van der Waals surface area contributed by atoms with Crippen LogP contribution in [0.2, 0.25) is 0 Å². The predicted molar refractivity (Wildman–Crippen MR) is 77.7 cm³/mol. The van der Waals surface area contributed by atoms with Gasteiger partial charge in [-0.1, -0.05) is 24.3 Å². The largest absolute Gasteiger partial charge is 0.490 e. The number of benzene rings is 2. The average molecular weight is 282 g/mol. The number of halogens is 2. The summed E-state index contributed by atoms with van der Waals surface area (Å²) in [4.78, 5) is 0. The Kier molecular flexibility index (Phi) is 4.61. The van der Waals surface area contributed by atoms with E-state index >= 15 is 0 Å². The molecule has 19 heavy (non-hydrogen) atoms. The van der Waals surface area contributed by atoms with Crippen LogP contribution in [0.1, 0.15) is 12.8 Å². The van der Waals surface area contributed by atoms with Gasteiger partial charge in [-0.15, -0.1) is 12.4 Å². The second kappa shape index (κ2) is 6.22. The van der Waals surface area contributed by atoms with Gasteiger partial charge in [-0.05, 0) is 38.1 Å². The highest BCUT2D eigenvalue weighted by molar-refractivity contribution is 5.88. The molecule has 1 heterocycles. The van der Waals surface area contributed by atoms with Gasteiger partial charge in [0.25, 0.3) is 0 Å². The summed E-state index contributed by atoms with van der Waals surface area (Å²) in [6.45, 7) is 1.98. The summed E-state index contributed by atoms with van der Waals surface area (Å²) in [5, 5.41) is 4.79. The van der Waals surface area contributed by atoms with Crippen LogP contribution in [0.25, 0.3) is 10.8 Å². The van der Waals surface area contributed by atoms with E-state index < -0.39 is 0 Å². The molecule has 0 bridgehead atoms. The lowest BCUT2D eigenvalue weighted by molar-refractivity contribution is 0.164. The van der Waals surface area contributed by atoms with Gasteiger partial charge in [0.15, 0.2) is 0 Å². The average Bonchev–Trinajstić information content (AvgIpc) is 2.41. The molecule has 1 fully saturated rings. The molecular weight excluding hydrogens is 265 g/mol. The fraction of sp³-hybridized carbons (Fsp3) is 0.333. The second-order valence-electron chi connectivity index (χ2n) is 4.66. The maximum Gasteiger partial charge on any atom is 0.131 e. The lowest BCUT2D eigenvalue weighted by atomic mass is 10.1. The second-order valence-corrected chi connectivity index (χ2v) is 4.66. The first-order valence-corrected chi connectivity index (χ1v) is 6.39. The normalized spacial score (nSPS) is 16.1. The quantitative estimate of drug-likeness (QED) is 0.909. The van der Waals surface area contributed by atoms with E-state index in [9.17, 15) is 4.39 Å². The van der Waals surface area contributed by atoms with Crippen LogP contribution in [0, 0.1) is 5.82 Å². The highest BCUT2D eigenvalue weighted by Crippen LogP contribution is 2.29. The SMILES string of the molecule is Cl.Fc1cccc2c(OC3CCNCC3)cccc12. The predicted octanol–water partition coefficient (Wildman–Crippen LogP) is 3.53. The van der Waals surface area contributed by atoms with E-state index in [1.54, 1.807) is 12.1 Å². The number of hydrogen-bond acceptors (Lipinski definition) is 2. The summed E-state index contributed by atoms with van der Waals surface area (Å²) in [6.07, 6.45) is 2.25. The van der Waals surface area contributed by atoms with Gasteiger partial charge in [0.2, 0.25) is 0 Å². The molecule has 0 atom stereocenters. The third kappa shape index (κ3) is 2.99. The topological polar surface area (TPSA) is 21.3 Å². The fourth-order valence-electron chi connectivity index (χ4n) is 2.44. The van der Waals surface area contributed by atoms with Gasteiger partial charge in [0, 0.05) is 10.8 Å². The summed E-state index contributed by atoms with van der Waals surface area (Å²) in [5.74, 6) is 0.599.